The maximum atomic E-state index is 6.75. The third kappa shape index (κ3) is 0.911. The highest BCUT2D eigenvalue weighted by Crippen LogP contribution is 2.50. The summed E-state index contributed by atoms with van der Waals surface area (Å²) in [6.07, 6.45) is 2.10. The average Bonchev–Trinajstić information content (AvgIpc) is 2.52. The van der Waals surface area contributed by atoms with Crippen LogP contribution in [0.15, 0.2) is 10.8 Å². The fourth-order valence-corrected chi connectivity index (χ4v) is 0.738. The van der Waals surface area contributed by atoms with Gasteiger partial charge in [0.25, 0.3) is 0 Å². The normalized spacial score (nSPS) is 20.1. The molecule has 0 amide bonds. The second-order valence-corrected chi connectivity index (χ2v) is 2.65. The van der Waals surface area contributed by atoms with Crippen molar-refractivity contribution in [3.05, 3.63) is 5.70 Å². The molecule has 0 bridgehead atoms. The van der Waals surface area contributed by atoms with E-state index >= 15 is 0 Å². The minimum absolute atomic E-state index is 0.0312. The standard InChI is InChI=1S/C6H9N3/c1-6(2-3-6)5(4-7)9-8/h7-8H,2-3H2,1H3. The third-order valence-corrected chi connectivity index (χ3v) is 1.80. The second kappa shape index (κ2) is 1.78. The van der Waals surface area contributed by atoms with E-state index in [2.05, 4.69) is 11.0 Å². The number of nitrogens with one attached hydrogen (secondary N) is 2. The van der Waals surface area contributed by atoms with Crippen LogP contribution in [-0.2, 0) is 0 Å². The fourth-order valence-electron chi connectivity index (χ4n) is 0.738. The quantitative estimate of drug-likeness (QED) is 0.416. The van der Waals surface area contributed by atoms with Gasteiger partial charge in [-0.3, -0.25) is 5.41 Å². The summed E-state index contributed by atoms with van der Waals surface area (Å²) in [5.41, 5.74) is 7.18. The summed E-state index contributed by atoms with van der Waals surface area (Å²) in [6, 6.07) is 0. The van der Waals surface area contributed by atoms with Crippen molar-refractivity contribution < 1.29 is 0 Å². The summed E-state index contributed by atoms with van der Waals surface area (Å²) in [5.74, 6) is 2.17. The van der Waals surface area contributed by atoms with Crippen molar-refractivity contribution in [2.24, 2.45) is 10.5 Å². The first-order chi connectivity index (χ1) is 4.23. The zero-order chi connectivity index (χ0) is 6.91. The highest BCUT2D eigenvalue weighted by atomic mass is 15.0. The molecule has 1 fully saturated rings. The lowest BCUT2D eigenvalue weighted by Crippen LogP contribution is -1.95. The Morgan fingerprint density at radius 1 is 1.67 bits per heavy atom. The average molecular weight is 123 g/mol. The molecule has 3 nitrogen and oxygen atoms in total. The maximum Gasteiger partial charge on any atom is 0.128 e. The summed E-state index contributed by atoms with van der Waals surface area (Å²) in [4.78, 5) is 0. The first kappa shape index (κ1) is 6.17. The van der Waals surface area contributed by atoms with E-state index in [1.54, 1.807) is 0 Å². The lowest BCUT2D eigenvalue weighted by atomic mass is 10.1. The van der Waals surface area contributed by atoms with Gasteiger partial charge < -0.3 is 0 Å². The van der Waals surface area contributed by atoms with Gasteiger partial charge in [-0.25, -0.2) is 5.53 Å². The minimum Gasteiger partial charge on any atom is -0.257 e. The van der Waals surface area contributed by atoms with Crippen molar-refractivity contribution in [3.63, 3.8) is 0 Å². The molecule has 0 unspecified atom stereocenters. The molecular weight excluding hydrogens is 114 g/mol. The molecule has 1 aliphatic carbocycles. The number of rotatable bonds is 2. The fraction of sp³-hybridized carbons (Fsp3) is 0.667. The zero-order valence-electron chi connectivity index (χ0n) is 5.36. The summed E-state index contributed by atoms with van der Waals surface area (Å²) < 4.78 is 0. The highest BCUT2D eigenvalue weighted by Gasteiger charge is 2.42. The number of hydrogen-bond acceptors (Lipinski definition) is 3. The molecule has 0 heterocycles. The molecule has 0 aromatic carbocycles. The van der Waals surface area contributed by atoms with Gasteiger partial charge in [0.1, 0.15) is 5.70 Å². The van der Waals surface area contributed by atoms with E-state index in [0.29, 0.717) is 5.70 Å². The minimum atomic E-state index is 0.0312. The molecule has 0 aliphatic heterocycles. The van der Waals surface area contributed by atoms with Crippen LogP contribution in [0.1, 0.15) is 19.8 Å². The van der Waals surface area contributed by atoms with E-state index in [0.717, 1.165) is 12.8 Å². The van der Waals surface area contributed by atoms with Crippen LogP contribution in [0, 0.1) is 16.4 Å². The van der Waals surface area contributed by atoms with Crippen LogP contribution in [0.25, 0.3) is 0 Å². The molecule has 0 aromatic rings. The van der Waals surface area contributed by atoms with E-state index in [4.69, 9.17) is 10.9 Å². The molecule has 3 heteroatoms. The summed E-state index contributed by atoms with van der Waals surface area (Å²) >= 11 is 0. The summed E-state index contributed by atoms with van der Waals surface area (Å²) in [5, 5.41) is 9.96. The monoisotopic (exact) mass is 123 g/mol. The van der Waals surface area contributed by atoms with E-state index in [9.17, 15) is 0 Å². The SMILES string of the molecule is CC1(C(=C=N)N=N)CC1. The van der Waals surface area contributed by atoms with Gasteiger partial charge in [0.15, 0.2) is 0 Å². The molecular formula is C6H9N3. The summed E-state index contributed by atoms with van der Waals surface area (Å²) in [6.45, 7) is 2.00. The Morgan fingerprint density at radius 3 is 2.33 bits per heavy atom. The molecule has 1 aliphatic rings. The van der Waals surface area contributed by atoms with Crippen molar-refractivity contribution in [1.82, 2.24) is 0 Å². The summed E-state index contributed by atoms with van der Waals surface area (Å²) in [7, 11) is 0. The Labute approximate surface area is 53.8 Å². The van der Waals surface area contributed by atoms with Gasteiger partial charge in [-0.05, 0) is 12.8 Å². The molecule has 1 rings (SSSR count). The van der Waals surface area contributed by atoms with Crippen molar-refractivity contribution in [3.8, 4) is 0 Å². The lowest BCUT2D eigenvalue weighted by molar-refractivity contribution is 0.670. The van der Waals surface area contributed by atoms with Crippen molar-refractivity contribution in [2.45, 2.75) is 19.8 Å². The molecule has 2 N–H and O–H groups in total. The number of nitrogens with zero attached hydrogens (tertiary/aromatic N) is 1. The van der Waals surface area contributed by atoms with Crippen LogP contribution in [0.5, 0.6) is 0 Å². The Bertz CT molecular complexity index is 184. The van der Waals surface area contributed by atoms with Gasteiger partial charge in [0.05, 0.1) is 0 Å². The van der Waals surface area contributed by atoms with E-state index in [-0.39, 0.29) is 5.41 Å². The van der Waals surface area contributed by atoms with Crippen LogP contribution < -0.4 is 0 Å². The van der Waals surface area contributed by atoms with E-state index < -0.39 is 0 Å². The van der Waals surface area contributed by atoms with Gasteiger partial charge in [-0.1, -0.05) is 6.92 Å². The third-order valence-electron chi connectivity index (χ3n) is 1.80. The topological polar surface area (TPSA) is 60.1 Å². The van der Waals surface area contributed by atoms with Crippen LogP contribution in [0.2, 0.25) is 0 Å². The Hall–Kier alpha value is -0.950. The van der Waals surface area contributed by atoms with Crippen LogP contribution in [0.4, 0.5) is 0 Å². The molecule has 0 aromatic heterocycles. The van der Waals surface area contributed by atoms with E-state index in [1.165, 1.54) is 0 Å². The highest BCUT2D eigenvalue weighted by molar-refractivity contribution is 5.57. The largest absolute Gasteiger partial charge is 0.257 e. The Morgan fingerprint density at radius 2 is 2.22 bits per heavy atom. The molecule has 1 saturated carbocycles. The molecule has 0 atom stereocenters. The van der Waals surface area contributed by atoms with Crippen LogP contribution in [-0.4, -0.2) is 5.87 Å². The van der Waals surface area contributed by atoms with Crippen molar-refractivity contribution in [2.75, 3.05) is 0 Å². The molecule has 0 spiro atoms. The maximum absolute atomic E-state index is 6.75. The number of hydrogen-bond donors (Lipinski definition) is 2. The van der Waals surface area contributed by atoms with Gasteiger partial charge in [-0.15, -0.1) is 0 Å². The smallest absolute Gasteiger partial charge is 0.128 e. The molecule has 48 valence electrons. The van der Waals surface area contributed by atoms with Gasteiger partial charge in [0, 0.05) is 11.3 Å². The van der Waals surface area contributed by atoms with Crippen molar-refractivity contribution >= 4 is 5.87 Å². The number of allylic oxidation sites excluding steroid dienone is 1. The molecule has 9 heavy (non-hydrogen) atoms. The van der Waals surface area contributed by atoms with Crippen LogP contribution >= 0.6 is 0 Å². The van der Waals surface area contributed by atoms with Gasteiger partial charge >= 0.3 is 0 Å². The van der Waals surface area contributed by atoms with Gasteiger partial charge in [0.2, 0.25) is 0 Å². The molecule has 0 saturated heterocycles. The van der Waals surface area contributed by atoms with Gasteiger partial charge in [-0.2, -0.15) is 5.11 Å². The zero-order valence-corrected chi connectivity index (χ0v) is 5.36. The Balaban J connectivity index is 2.81. The van der Waals surface area contributed by atoms with E-state index in [1.807, 2.05) is 6.92 Å². The Kier molecular flexibility index (Phi) is 1.22. The predicted octanol–water partition coefficient (Wildman–Crippen LogP) is 1.95. The first-order valence-corrected chi connectivity index (χ1v) is 2.90. The van der Waals surface area contributed by atoms with Crippen LogP contribution in [0.3, 0.4) is 0 Å². The second-order valence-electron chi connectivity index (χ2n) is 2.65. The predicted molar refractivity (Wildman–Crippen MR) is 33.7 cm³/mol. The lowest BCUT2D eigenvalue weighted by Gasteiger charge is -2.00. The first-order valence-electron chi connectivity index (χ1n) is 2.90. The molecule has 0 radical (unpaired) electrons. The van der Waals surface area contributed by atoms with Crippen molar-refractivity contribution in [1.29, 1.82) is 10.9 Å².